The predicted molar refractivity (Wildman–Crippen MR) is 90.9 cm³/mol. The van der Waals surface area contributed by atoms with Gasteiger partial charge in [0.05, 0.1) is 19.3 Å². The summed E-state index contributed by atoms with van der Waals surface area (Å²) in [4.78, 5) is 24.8. The first-order valence-electron chi connectivity index (χ1n) is 7.89. The first kappa shape index (κ1) is 15.3. The van der Waals surface area contributed by atoms with Crippen LogP contribution in [-0.2, 0) is 4.79 Å². The average molecular weight is 339 g/mol. The molecule has 1 amide bonds. The van der Waals surface area contributed by atoms with Crippen LogP contribution >= 0.6 is 0 Å². The van der Waals surface area contributed by atoms with E-state index in [2.05, 4.69) is 20.2 Å². The normalized spacial score (nSPS) is 15.0. The Labute approximate surface area is 143 Å². The second kappa shape index (κ2) is 6.00. The largest absolute Gasteiger partial charge is 0.481 e. The van der Waals surface area contributed by atoms with Gasteiger partial charge in [-0.1, -0.05) is 0 Å². The summed E-state index contributed by atoms with van der Waals surface area (Å²) in [5.41, 5.74) is 1.44. The molecule has 9 nitrogen and oxygen atoms in total. The molecule has 3 aromatic rings. The number of rotatable bonds is 3. The van der Waals surface area contributed by atoms with Crippen molar-refractivity contribution < 1.29 is 9.53 Å². The third-order valence-corrected chi connectivity index (χ3v) is 4.24. The highest BCUT2D eigenvalue weighted by atomic mass is 16.5. The quantitative estimate of drug-likeness (QED) is 0.693. The molecule has 0 bridgehead atoms. The molecule has 0 aromatic carbocycles. The highest BCUT2D eigenvalue weighted by Gasteiger charge is 2.28. The number of fused-ring (bicyclic) bond motifs is 1. The van der Waals surface area contributed by atoms with Crippen LogP contribution in [0.4, 0.5) is 11.5 Å². The van der Waals surface area contributed by atoms with E-state index in [1.54, 1.807) is 36.5 Å². The second-order valence-electron chi connectivity index (χ2n) is 5.72. The third kappa shape index (κ3) is 2.63. The van der Waals surface area contributed by atoms with Crippen LogP contribution < -0.4 is 14.5 Å². The van der Waals surface area contributed by atoms with Gasteiger partial charge < -0.3 is 14.5 Å². The second-order valence-corrected chi connectivity index (χ2v) is 5.72. The van der Waals surface area contributed by atoms with Gasteiger partial charge in [0.25, 0.3) is 0 Å². The van der Waals surface area contributed by atoms with Crippen LogP contribution in [0.25, 0.3) is 5.65 Å². The molecule has 3 aromatic heterocycles. The molecule has 0 N–H and O–H groups in total. The lowest BCUT2D eigenvalue weighted by atomic mass is 10.2. The molecule has 0 atom stereocenters. The summed E-state index contributed by atoms with van der Waals surface area (Å²) in [5, 5.41) is 8.26. The molecular formula is C16H17N7O2. The summed E-state index contributed by atoms with van der Waals surface area (Å²) in [6, 6.07) is 3.56. The van der Waals surface area contributed by atoms with Gasteiger partial charge in [0, 0.05) is 37.7 Å². The molecule has 4 heterocycles. The molecule has 0 unspecified atom stereocenters. The molecule has 0 radical (unpaired) electrons. The highest BCUT2D eigenvalue weighted by molar-refractivity contribution is 5.98. The smallest absolute Gasteiger partial charge is 0.246 e. The van der Waals surface area contributed by atoms with E-state index in [1.165, 1.54) is 0 Å². The van der Waals surface area contributed by atoms with Gasteiger partial charge in [0.1, 0.15) is 5.82 Å². The number of pyridine rings is 1. The maximum absolute atomic E-state index is 12.7. The monoisotopic (exact) mass is 339 g/mol. The van der Waals surface area contributed by atoms with Gasteiger partial charge in [-0.3, -0.25) is 9.20 Å². The Morgan fingerprint density at radius 2 is 2.04 bits per heavy atom. The Hall–Kier alpha value is -3.23. The van der Waals surface area contributed by atoms with Crippen molar-refractivity contribution in [1.29, 1.82) is 0 Å². The first-order valence-corrected chi connectivity index (χ1v) is 7.89. The lowest BCUT2D eigenvalue weighted by Gasteiger charge is -2.34. The van der Waals surface area contributed by atoms with E-state index >= 15 is 0 Å². The summed E-state index contributed by atoms with van der Waals surface area (Å²) in [7, 11) is 1.55. The summed E-state index contributed by atoms with van der Waals surface area (Å²) >= 11 is 0. The van der Waals surface area contributed by atoms with Gasteiger partial charge in [-0.2, -0.15) is 0 Å². The molecule has 4 rings (SSSR count). The van der Waals surface area contributed by atoms with Crippen molar-refractivity contribution in [3.8, 4) is 5.88 Å². The van der Waals surface area contributed by atoms with Crippen molar-refractivity contribution in [1.82, 2.24) is 24.6 Å². The first-order chi connectivity index (χ1) is 12.2. The van der Waals surface area contributed by atoms with Crippen LogP contribution in [0.2, 0.25) is 0 Å². The number of carbonyl (C=O) groups is 1. The van der Waals surface area contributed by atoms with E-state index in [9.17, 15) is 4.79 Å². The van der Waals surface area contributed by atoms with Gasteiger partial charge in [0.15, 0.2) is 5.82 Å². The van der Waals surface area contributed by atoms with Gasteiger partial charge in [0.2, 0.25) is 17.4 Å². The van der Waals surface area contributed by atoms with Gasteiger partial charge >= 0.3 is 0 Å². The van der Waals surface area contributed by atoms with Crippen molar-refractivity contribution >= 4 is 23.1 Å². The number of aromatic nitrogens is 5. The van der Waals surface area contributed by atoms with Crippen LogP contribution in [0.3, 0.4) is 0 Å². The third-order valence-electron chi connectivity index (χ3n) is 4.24. The van der Waals surface area contributed by atoms with Gasteiger partial charge in [-0.05, 0) is 13.0 Å². The molecule has 9 heteroatoms. The Morgan fingerprint density at radius 1 is 1.16 bits per heavy atom. The van der Waals surface area contributed by atoms with Crippen LogP contribution in [-0.4, -0.2) is 57.2 Å². The zero-order chi connectivity index (χ0) is 17.4. The maximum atomic E-state index is 12.7. The zero-order valence-electron chi connectivity index (χ0n) is 14.0. The molecule has 1 aliphatic heterocycles. The number of hydrogen-bond donors (Lipinski definition) is 0. The SMILES string of the molecule is COc1cc(N2CCN(c3nccn4c(C)nnc34)CC2=O)ccn1. The molecule has 1 aliphatic rings. The fraction of sp³-hybridized carbons (Fsp3) is 0.312. The summed E-state index contributed by atoms with van der Waals surface area (Å²) in [5.74, 6) is 1.92. The highest BCUT2D eigenvalue weighted by Crippen LogP contribution is 2.24. The lowest BCUT2D eigenvalue weighted by Crippen LogP contribution is -2.51. The molecule has 25 heavy (non-hydrogen) atoms. The molecule has 0 aliphatic carbocycles. The predicted octanol–water partition coefficient (Wildman–Crippen LogP) is 0.690. The number of carbonyl (C=O) groups excluding carboxylic acids is 1. The van der Waals surface area contributed by atoms with Crippen molar-refractivity contribution in [2.45, 2.75) is 6.92 Å². The van der Waals surface area contributed by atoms with Crippen molar-refractivity contribution in [3.05, 3.63) is 36.5 Å². The number of hydrogen-bond acceptors (Lipinski definition) is 7. The van der Waals surface area contributed by atoms with Crippen molar-refractivity contribution in [2.24, 2.45) is 0 Å². The molecular weight excluding hydrogens is 322 g/mol. The standard InChI is InChI=1S/C16H17N7O2/c1-11-19-20-16-15(18-5-6-22(11)16)21-7-8-23(14(24)10-21)12-3-4-17-13(9-12)25-2/h3-6,9H,7-8,10H2,1-2H3. The number of amides is 1. The minimum atomic E-state index is -0.0143. The average Bonchev–Trinajstić information content (AvgIpc) is 3.03. The Morgan fingerprint density at radius 3 is 2.84 bits per heavy atom. The van der Waals surface area contributed by atoms with E-state index in [1.807, 2.05) is 22.4 Å². The Kier molecular flexibility index (Phi) is 3.68. The number of piperazine rings is 1. The maximum Gasteiger partial charge on any atom is 0.246 e. The van der Waals surface area contributed by atoms with E-state index in [0.29, 0.717) is 30.4 Å². The van der Waals surface area contributed by atoms with Gasteiger partial charge in [-0.25, -0.2) is 9.97 Å². The summed E-state index contributed by atoms with van der Waals surface area (Å²) < 4.78 is 7.00. The molecule has 128 valence electrons. The van der Waals surface area contributed by atoms with Crippen molar-refractivity contribution in [3.63, 3.8) is 0 Å². The van der Waals surface area contributed by atoms with Crippen LogP contribution in [0, 0.1) is 6.92 Å². The number of aryl methyl sites for hydroxylation is 1. The zero-order valence-corrected chi connectivity index (χ0v) is 14.0. The summed E-state index contributed by atoms with van der Waals surface area (Å²) in [6.07, 6.45) is 5.15. The minimum absolute atomic E-state index is 0.0143. The summed E-state index contributed by atoms with van der Waals surface area (Å²) in [6.45, 7) is 3.30. The van der Waals surface area contributed by atoms with E-state index in [4.69, 9.17) is 4.74 Å². The minimum Gasteiger partial charge on any atom is -0.481 e. The number of ether oxygens (including phenoxy) is 1. The van der Waals surface area contributed by atoms with Crippen LogP contribution in [0.15, 0.2) is 30.7 Å². The Bertz CT molecular complexity index is 939. The topological polar surface area (TPSA) is 88.8 Å². The van der Waals surface area contributed by atoms with Crippen LogP contribution in [0.5, 0.6) is 5.88 Å². The van der Waals surface area contributed by atoms with Gasteiger partial charge in [-0.15, -0.1) is 10.2 Å². The lowest BCUT2D eigenvalue weighted by molar-refractivity contribution is -0.117. The fourth-order valence-electron chi connectivity index (χ4n) is 2.96. The number of anilines is 2. The molecule has 0 spiro atoms. The van der Waals surface area contributed by atoms with Crippen LogP contribution in [0.1, 0.15) is 5.82 Å². The fourth-order valence-corrected chi connectivity index (χ4v) is 2.96. The van der Waals surface area contributed by atoms with E-state index in [-0.39, 0.29) is 12.5 Å². The molecule has 0 saturated carbocycles. The van der Waals surface area contributed by atoms with E-state index in [0.717, 1.165) is 11.5 Å². The molecule has 1 fully saturated rings. The molecule has 1 saturated heterocycles. The van der Waals surface area contributed by atoms with Crippen molar-refractivity contribution in [2.75, 3.05) is 36.5 Å². The number of nitrogens with zero attached hydrogens (tertiary/aromatic N) is 7. The van der Waals surface area contributed by atoms with E-state index < -0.39 is 0 Å². The Balaban J connectivity index is 1.59. The number of methoxy groups -OCH3 is 1.